The number of benzene rings is 1. The molecule has 4 nitrogen and oxygen atoms in total. The molecular formula is C11H14ClNO3. The maximum absolute atomic E-state index is 9.65. The predicted molar refractivity (Wildman–Crippen MR) is 64.2 cm³/mol. The molecule has 88 valence electrons. The SMILES string of the molecule is C=Cc1ccc(Cl)cc1.NC(CO)C(=O)O. The number of aliphatic carboxylic acids is 1. The first-order chi connectivity index (χ1) is 7.51. The summed E-state index contributed by atoms with van der Waals surface area (Å²) in [6.45, 7) is 3.11. The monoisotopic (exact) mass is 243 g/mol. The maximum atomic E-state index is 9.65. The molecule has 16 heavy (non-hydrogen) atoms. The minimum Gasteiger partial charge on any atom is -0.480 e. The zero-order chi connectivity index (χ0) is 12.6. The van der Waals surface area contributed by atoms with E-state index >= 15 is 0 Å². The molecule has 0 amide bonds. The summed E-state index contributed by atoms with van der Waals surface area (Å²) in [4.78, 5) is 9.65. The van der Waals surface area contributed by atoms with Gasteiger partial charge in [-0.2, -0.15) is 0 Å². The van der Waals surface area contributed by atoms with Crippen molar-refractivity contribution < 1.29 is 15.0 Å². The van der Waals surface area contributed by atoms with E-state index < -0.39 is 18.6 Å². The fourth-order valence-electron chi connectivity index (χ4n) is 0.677. The number of carboxylic acid groups (broad SMARTS) is 1. The van der Waals surface area contributed by atoms with Crippen LogP contribution >= 0.6 is 11.6 Å². The Kier molecular flexibility index (Phi) is 7.20. The molecule has 0 saturated carbocycles. The lowest BCUT2D eigenvalue weighted by Crippen LogP contribution is -2.33. The second kappa shape index (κ2) is 7.87. The molecule has 0 saturated heterocycles. The first kappa shape index (κ1) is 14.6. The summed E-state index contributed by atoms with van der Waals surface area (Å²) in [5.74, 6) is -1.18. The van der Waals surface area contributed by atoms with Crippen molar-refractivity contribution in [1.29, 1.82) is 0 Å². The van der Waals surface area contributed by atoms with Gasteiger partial charge in [-0.3, -0.25) is 4.79 Å². The predicted octanol–water partition coefficient (Wildman–Crippen LogP) is 1.37. The normalized spacial score (nSPS) is 10.9. The second-order valence-corrected chi connectivity index (χ2v) is 3.32. The highest BCUT2D eigenvalue weighted by molar-refractivity contribution is 6.30. The lowest BCUT2D eigenvalue weighted by Gasteiger charge is -1.96. The third-order valence-corrected chi connectivity index (χ3v) is 1.87. The Morgan fingerprint density at radius 2 is 2.00 bits per heavy atom. The van der Waals surface area contributed by atoms with E-state index in [0.717, 1.165) is 10.6 Å². The number of aliphatic hydroxyl groups excluding tert-OH is 1. The van der Waals surface area contributed by atoms with Gasteiger partial charge in [0.2, 0.25) is 0 Å². The number of carboxylic acids is 1. The molecule has 1 rings (SSSR count). The number of halogens is 1. The minimum atomic E-state index is -1.18. The van der Waals surface area contributed by atoms with E-state index in [1.54, 1.807) is 6.08 Å². The van der Waals surface area contributed by atoms with Crippen molar-refractivity contribution >= 4 is 23.6 Å². The number of nitrogens with two attached hydrogens (primary N) is 1. The van der Waals surface area contributed by atoms with Crippen molar-refractivity contribution in [3.63, 3.8) is 0 Å². The van der Waals surface area contributed by atoms with Crippen LogP contribution in [-0.4, -0.2) is 28.8 Å². The average molecular weight is 244 g/mol. The number of hydrogen-bond acceptors (Lipinski definition) is 3. The molecule has 4 N–H and O–H groups in total. The van der Waals surface area contributed by atoms with Crippen molar-refractivity contribution in [2.75, 3.05) is 6.61 Å². The summed E-state index contributed by atoms with van der Waals surface area (Å²) in [6, 6.07) is 6.42. The van der Waals surface area contributed by atoms with E-state index in [9.17, 15) is 4.79 Å². The average Bonchev–Trinajstić information content (AvgIpc) is 2.29. The zero-order valence-electron chi connectivity index (χ0n) is 8.64. The summed E-state index contributed by atoms with van der Waals surface area (Å²) < 4.78 is 0. The van der Waals surface area contributed by atoms with Crippen LogP contribution in [0.15, 0.2) is 30.8 Å². The molecule has 1 aromatic rings. The van der Waals surface area contributed by atoms with Crippen molar-refractivity contribution in [1.82, 2.24) is 0 Å². The third kappa shape index (κ3) is 6.19. The van der Waals surface area contributed by atoms with E-state index in [1.807, 2.05) is 24.3 Å². The molecule has 0 bridgehead atoms. The molecule has 0 aliphatic rings. The Labute approximate surface area is 99.0 Å². The lowest BCUT2D eigenvalue weighted by molar-refractivity contribution is -0.139. The van der Waals surface area contributed by atoms with Gasteiger partial charge in [-0.05, 0) is 17.7 Å². The summed E-state index contributed by atoms with van der Waals surface area (Å²) in [5.41, 5.74) is 5.86. The van der Waals surface area contributed by atoms with Crippen molar-refractivity contribution in [2.45, 2.75) is 6.04 Å². The summed E-state index contributed by atoms with van der Waals surface area (Å²) in [5, 5.41) is 16.7. The van der Waals surface area contributed by atoms with Crippen molar-refractivity contribution in [3.05, 3.63) is 41.4 Å². The molecule has 0 spiro atoms. The maximum Gasteiger partial charge on any atom is 0.322 e. The highest BCUT2D eigenvalue weighted by Crippen LogP contribution is 2.09. The highest BCUT2D eigenvalue weighted by Gasteiger charge is 2.06. The number of hydrogen-bond donors (Lipinski definition) is 3. The van der Waals surface area contributed by atoms with E-state index in [1.165, 1.54) is 0 Å². The molecule has 1 atom stereocenters. The van der Waals surface area contributed by atoms with Gasteiger partial charge < -0.3 is 15.9 Å². The molecule has 0 heterocycles. The van der Waals surface area contributed by atoms with Crippen LogP contribution in [0.5, 0.6) is 0 Å². The lowest BCUT2D eigenvalue weighted by atomic mass is 10.2. The first-order valence-electron chi connectivity index (χ1n) is 4.48. The molecule has 1 aromatic carbocycles. The Hall–Kier alpha value is -1.36. The number of rotatable bonds is 3. The van der Waals surface area contributed by atoms with Crippen LogP contribution in [-0.2, 0) is 4.79 Å². The van der Waals surface area contributed by atoms with Crippen LogP contribution in [0.2, 0.25) is 5.02 Å². The molecule has 0 radical (unpaired) electrons. The molecule has 0 aliphatic carbocycles. The quantitative estimate of drug-likeness (QED) is 0.749. The summed E-state index contributed by atoms with van der Waals surface area (Å²) in [6.07, 6.45) is 1.79. The van der Waals surface area contributed by atoms with E-state index in [0.29, 0.717) is 0 Å². The fourth-order valence-corrected chi connectivity index (χ4v) is 0.803. The first-order valence-corrected chi connectivity index (χ1v) is 4.86. The van der Waals surface area contributed by atoms with Crippen LogP contribution in [0.3, 0.4) is 0 Å². The van der Waals surface area contributed by atoms with E-state index in [-0.39, 0.29) is 0 Å². The largest absolute Gasteiger partial charge is 0.480 e. The summed E-state index contributed by atoms with van der Waals surface area (Å²) in [7, 11) is 0. The van der Waals surface area contributed by atoms with Gasteiger partial charge in [0.1, 0.15) is 6.04 Å². The van der Waals surface area contributed by atoms with Crippen molar-refractivity contribution in [2.24, 2.45) is 5.73 Å². The minimum absolute atomic E-state index is 0.505. The zero-order valence-corrected chi connectivity index (χ0v) is 9.39. The van der Waals surface area contributed by atoms with E-state index in [4.69, 9.17) is 27.5 Å². The Bertz CT molecular complexity index is 338. The van der Waals surface area contributed by atoms with Crippen LogP contribution in [0.25, 0.3) is 6.08 Å². The fraction of sp³-hybridized carbons (Fsp3) is 0.182. The molecule has 0 fully saturated rings. The smallest absolute Gasteiger partial charge is 0.322 e. The van der Waals surface area contributed by atoms with Gasteiger partial charge in [-0.1, -0.05) is 36.4 Å². The standard InChI is InChI=1S/C8H7Cl.C3H7NO3/c1-2-7-3-5-8(9)6-4-7;4-2(1-5)3(6)7/h2-6H,1H2;2,5H,1,4H2,(H,6,7). The van der Waals surface area contributed by atoms with Crippen LogP contribution in [0, 0.1) is 0 Å². The van der Waals surface area contributed by atoms with Gasteiger partial charge in [0.15, 0.2) is 0 Å². The summed E-state index contributed by atoms with van der Waals surface area (Å²) >= 11 is 5.63. The Morgan fingerprint density at radius 1 is 1.50 bits per heavy atom. The van der Waals surface area contributed by atoms with Crippen molar-refractivity contribution in [3.8, 4) is 0 Å². The van der Waals surface area contributed by atoms with Crippen LogP contribution < -0.4 is 5.73 Å². The molecule has 5 heteroatoms. The van der Waals surface area contributed by atoms with Gasteiger partial charge >= 0.3 is 5.97 Å². The molecule has 0 aromatic heterocycles. The van der Waals surface area contributed by atoms with Gasteiger partial charge in [-0.15, -0.1) is 0 Å². The van der Waals surface area contributed by atoms with Crippen LogP contribution in [0.1, 0.15) is 5.56 Å². The van der Waals surface area contributed by atoms with Gasteiger partial charge in [-0.25, -0.2) is 0 Å². The second-order valence-electron chi connectivity index (χ2n) is 2.88. The molecule has 0 aliphatic heterocycles. The molecule has 1 unspecified atom stereocenters. The molecular weight excluding hydrogens is 230 g/mol. The topological polar surface area (TPSA) is 83.5 Å². The highest BCUT2D eigenvalue weighted by atomic mass is 35.5. The van der Waals surface area contributed by atoms with Crippen LogP contribution in [0.4, 0.5) is 0 Å². The Balaban J connectivity index is 0.000000293. The van der Waals surface area contributed by atoms with E-state index in [2.05, 4.69) is 6.58 Å². The number of carbonyl (C=O) groups is 1. The Morgan fingerprint density at radius 3 is 2.25 bits per heavy atom. The van der Waals surface area contributed by atoms with Gasteiger partial charge in [0.25, 0.3) is 0 Å². The van der Waals surface area contributed by atoms with Gasteiger partial charge in [0, 0.05) is 5.02 Å². The van der Waals surface area contributed by atoms with Gasteiger partial charge in [0.05, 0.1) is 6.61 Å². The number of aliphatic hydroxyl groups is 1. The third-order valence-electron chi connectivity index (χ3n) is 1.62.